The summed E-state index contributed by atoms with van der Waals surface area (Å²) in [5.74, 6) is 1.59. The lowest BCUT2D eigenvalue weighted by atomic mass is 9.55. The minimum atomic E-state index is -0.531. The van der Waals surface area contributed by atoms with Gasteiger partial charge in [0.2, 0.25) is 6.79 Å². The van der Waals surface area contributed by atoms with E-state index < -0.39 is 6.10 Å². The highest BCUT2D eigenvalue weighted by Gasteiger charge is 2.59. The van der Waals surface area contributed by atoms with E-state index >= 15 is 0 Å². The van der Waals surface area contributed by atoms with Crippen LogP contribution < -0.4 is 9.47 Å². The van der Waals surface area contributed by atoms with E-state index in [0.29, 0.717) is 19.3 Å². The van der Waals surface area contributed by atoms with Crippen LogP contribution in [0.5, 0.6) is 11.5 Å². The van der Waals surface area contributed by atoms with Crippen molar-refractivity contribution in [3.63, 3.8) is 0 Å². The van der Waals surface area contributed by atoms with Gasteiger partial charge in [-0.25, -0.2) is 0 Å². The van der Waals surface area contributed by atoms with Gasteiger partial charge in [0.15, 0.2) is 11.5 Å². The molecule has 2 saturated heterocycles. The average molecular weight is 469 g/mol. The number of aliphatic hydroxyl groups excluding tert-OH is 1. The number of hydrogen-bond donors (Lipinski definition) is 1. The molecule has 3 fully saturated rings. The lowest BCUT2D eigenvalue weighted by molar-refractivity contribution is -0.145. The van der Waals surface area contributed by atoms with Gasteiger partial charge in [-0.1, -0.05) is 31.6 Å². The molecule has 0 amide bonds. The number of carbonyl (C=O) groups excluding carboxylic acids is 1. The van der Waals surface area contributed by atoms with Crippen molar-refractivity contribution >= 4 is 5.97 Å². The third kappa shape index (κ3) is 3.64. The molecule has 3 heterocycles. The van der Waals surface area contributed by atoms with Crippen molar-refractivity contribution in [2.45, 2.75) is 51.9 Å². The second-order valence-electron chi connectivity index (χ2n) is 11.1. The normalized spacial score (nSPS) is 37.7. The van der Waals surface area contributed by atoms with Gasteiger partial charge >= 0.3 is 5.97 Å². The topological polar surface area (TPSA) is 71.5 Å². The summed E-state index contributed by atoms with van der Waals surface area (Å²) in [5.41, 5.74) is 2.28. The zero-order valence-electron chi connectivity index (χ0n) is 20.2. The average Bonchev–Trinajstić information content (AvgIpc) is 3.41. The van der Waals surface area contributed by atoms with Crippen molar-refractivity contribution < 1.29 is 24.1 Å². The second kappa shape index (κ2) is 8.54. The van der Waals surface area contributed by atoms with Gasteiger partial charge in [-0.2, -0.15) is 0 Å². The van der Waals surface area contributed by atoms with Crippen molar-refractivity contribution in [3.8, 4) is 11.5 Å². The Hall–Kier alpha value is -2.09. The lowest BCUT2D eigenvalue weighted by Crippen LogP contribution is -2.55. The minimum Gasteiger partial charge on any atom is -0.461 e. The zero-order chi connectivity index (χ0) is 23.4. The van der Waals surface area contributed by atoms with Gasteiger partial charge in [0, 0.05) is 57.0 Å². The minimum absolute atomic E-state index is 0.109. The van der Waals surface area contributed by atoms with Crippen LogP contribution in [0.4, 0.5) is 0 Å². The fourth-order valence-corrected chi connectivity index (χ4v) is 6.98. The number of carbonyl (C=O) groups is 1. The molecular formula is C27H36N2O5. The van der Waals surface area contributed by atoms with Crippen LogP contribution in [0.1, 0.15) is 38.7 Å². The van der Waals surface area contributed by atoms with Crippen molar-refractivity contribution in [2.24, 2.45) is 23.2 Å². The van der Waals surface area contributed by atoms with Crippen molar-refractivity contribution in [3.05, 3.63) is 35.4 Å². The van der Waals surface area contributed by atoms with Gasteiger partial charge in [-0.3, -0.25) is 14.6 Å². The summed E-state index contributed by atoms with van der Waals surface area (Å²) in [7, 11) is 0. The number of benzene rings is 1. The summed E-state index contributed by atoms with van der Waals surface area (Å²) in [6.07, 6.45) is 4.53. The third-order valence-electron chi connectivity index (χ3n) is 9.33. The van der Waals surface area contributed by atoms with Crippen LogP contribution >= 0.6 is 0 Å². The second-order valence-corrected chi connectivity index (χ2v) is 11.1. The van der Waals surface area contributed by atoms with E-state index in [2.05, 4.69) is 41.9 Å². The van der Waals surface area contributed by atoms with E-state index in [-0.39, 0.29) is 29.3 Å². The SMILES string of the molecule is C[C@@H]1CCC=C2C[C@H]3OC(=O)[C@H](CN4CCN(Cc5ccc6c(c5)OCO6)CC4)[C@H]3[C@H](O)[C@@]21C. The van der Waals surface area contributed by atoms with Crippen LogP contribution in [0.15, 0.2) is 29.8 Å². The predicted octanol–water partition coefficient (Wildman–Crippen LogP) is 2.82. The Morgan fingerprint density at radius 1 is 1.12 bits per heavy atom. The molecule has 1 N–H and O–H groups in total. The highest BCUT2D eigenvalue weighted by Crippen LogP contribution is 2.56. The van der Waals surface area contributed by atoms with Crippen LogP contribution in [-0.4, -0.2) is 72.6 Å². The maximum Gasteiger partial charge on any atom is 0.311 e. The first-order valence-electron chi connectivity index (χ1n) is 12.8. The van der Waals surface area contributed by atoms with Crippen LogP contribution in [0, 0.1) is 23.2 Å². The Labute approximate surface area is 201 Å². The van der Waals surface area contributed by atoms with Crippen LogP contribution in [-0.2, 0) is 16.1 Å². The lowest BCUT2D eigenvalue weighted by Gasteiger charge is -2.52. The molecule has 0 aromatic heterocycles. The molecule has 7 nitrogen and oxygen atoms in total. The summed E-state index contributed by atoms with van der Waals surface area (Å²) in [5, 5.41) is 11.6. The molecule has 0 spiro atoms. The largest absolute Gasteiger partial charge is 0.461 e. The number of piperazine rings is 1. The molecule has 184 valence electrons. The summed E-state index contributed by atoms with van der Waals surface area (Å²) in [6, 6.07) is 6.16. The van der Waals surface area contributed by atoms with E-state index in [1.54, 1.807) is 0 Å². The number of rotatable bonds is 4. The highest BCUT2D eigenvalue weighted by atomic mass is 16.7. The van der Waals surface area contributed by atoms with Gasteiger partial charge in [0.05, 0.1) is 12.0 Å². The quantitative estimate of drug-likeness (QED) is 0.538. The molecule has 5 aliphatic rings. The molecule has 3 aliphatic heterocycles. The Balaban J connectivity index is 1.09. The molecule has 6 rings (SSSR count). The zero-order valence-corrected chi connectivity index (χ0v) is 20.2. The first-order valence-corrected chi connectivity index (χ1v) is 12.8. The Kier molecular flexibility index (Phi) is 5.62. The molecule has 6 atom stereocenters. The molecule has 0 bridgehead atoms. The van der Waals surface area contributed by atoms with E-state index in [4.69, 9.17) is 14.2 Å². The maximum absolute atomic E-state index is 12.9. The van der Waals surface area contributed by atoms with E-state index in [1.807, 2.05) is 6.07 Å². The number of allylic oxidation sites excluding steroid dienone is 1. The number of nitrogens with zero attached hydrogens (tertiary/aromatic N) is 2. The summed E-state index contributed by atoms with van der Waals surface area (Å²) in [6.45, 7) is 10.1. The van der Waals surface area contributed by atoms with Crippen LogP contribution in [0.3, 0.4) is 0 Å². The first kappa shape index (κ1) is 22.4. The summed E-state index contributed by atoms with van der Waals surface area (Å²) >= 11 is 0. The molecule has 1 saturated carbocycles. The number of hydrogen-bond acceptors (Lipinski definition) is 7. The van der Waals surface area contributed by atoms with Gasteiger partial charge in [0.25, 0.3) is 0 Å². The molecule has 34 heavy (non-hydrogen) atoms. The molecule has 7 heteroatoms. The standard InChI is InChI=1S/C27H36N2O5/c1-17-4-3-5-19-13-23-24(25(30)27(17,19)2)20(26(31)34-23)15-29-10-8-28(9-11-29)14-18-6-7-21-22(12-18)33-16-32-21/h5-7,12,17,20,23-25,30H,3-4,8-11,13-16H2,1-2H3/t17-,20-,23-,24-,25+,27-/m1/s1. The number of ether oxygens (including phenoxy) is 3. The molecule has 0 unspecified atom stereocenters. The van der Waals surface area contributed by atoms with Crippen LogP contribution in [0.25, 0.3) is 0 Å². The monoisotopic (exact) mass is 468 g/mol. The molecule has 1 aromatic carbocycles. The van der Waals surface area contributed by atoms with Crippen LogP contribution in [0.2, 0.25) is 0 Å². The Morgan fingerprint density at radius 3 is 2.71 bits per heavy atom. The van der Waals surface area contributed by atoms with Crippen molar-refractivity contribution in [1.29, 1.82) is 0 Å². The fraction of sp³-hybridized carbons (Fsp3) is 0.667. The van der Waals surface area contributed by atoms with E-state index in [9.17, 15) is 9.90 Å². The summed E-state index contributed by atoms with van der Waals surface area (Å²) < 4.78 is 16.8. The number of esters is 1. The number of fused-ring (bicyclic) bond motifs is 3. The van der Waals surface area contributed by atoms with Crippen molar-refractivity contribution in [2.75, 3.05) is 39.5 Å². The van der Waals surface area contributed by atoms with Gasteiger partial charge in [-0.05, 0) is 36.5 Å². The predicted molar refractivity (Wildman–Crippen MR) is 126 cm³/mol. The maximum atomic E-state index is 12.9. The molecule has 2 aliphatic carbocycles. The Morgan fingerprint density at radius 2 is 1.88 bits per heavy atom. The van der Waals surface area contributed by atoms with E-state index in [0.717, 1.165) is 63.5 Å². The third-order valence-corrected chi connectivity index (χ3v) is 9.33. The van der Waals surface area contributed by atoms with Gasteiger partial charge < -0.3 is 19.3 Å². The summed E-state index contributed by atoms with van der Waals surface area (Å²) in [4.78, 5) is 17.8. The first-order chi connectivity index (χ1) is 16.4. The molecule has 1 aromatic rings. The molecule has 0 radical (unpaired) electrons. The van der Waals surface area contributed by atoms with E-state index in [1.165, 1.54) is 11.1 Å². The fourth-order valence-electron chi connectivity index (χ4n) is 6.98. The highest BCUT2D eigenvalue weighted by molar-refractivity contribution is 5.76. The number of aliphatic hydroxyl groups is 1. The molecular weight excluding hydrogens is 432 g/mol. The van der Waals surface area contributed by atoms with Crippen molar-refractivity contribution in [1.82, 2.24) is 9.80 Å². The smallest absolute Gasteiger partial charge is 0.311 e. The Bertz CT molecular complexity index is 987. The van der Waals surface area contributed by atoms with Gasteiger partial charge in [-0.15, -0.1) is 0 Å². The van der Waals surface area contributed by atoms with Gasteiger partial charge in [0.1, 0.15) is 6.10 Å².